The zero-order valence-electron chi connectivity index (χ0n) is 15.6. The first-order chi connectivity index (χ1) is 10.7. The van der Waals surface area contributed by atoms with Crippen LogP contribution in [-0.4, -0.2) is 41.6 Å². The average molecular weight is 357 g/mol. The van der Waals surface area contributed by atoms with Crippen LogP contribution in [0, 0.1) is 0 Å². The fourth-order valence-corrected chi connectivity index (χ4v) is 2.95. The number of thiazole rings is 1. The van der Waals surface area contributed by atoms with Gasteiger partial charge in [0.2, 0.25) is 0 Å². The van der Waals surface area contributed by atoms with E-state index in [0.717, 1.165) is 32.0 Å². The van der Waals surface area contributed by atoms with Crippen LogP contribution < -0.4 is 10.6 Å². The van der Waals surface area contributed by atoms with Gasteiger partial charge in [-0.2, -0.15) is 11.8 Å². The SMILES string of the molecule is CCNC(=NCC(C)(C)SC)NCCc1nc(C(C)(C)C)cs1. The maximum Gasteiger partial charge on any atom is 0.191 e. The molecule has 0 aromatic carbocycles. The molecule has 132 valence electrons. The Morgan fingerprint density at radius 3 is 2.48 bits per heavy atom. The van der Waals surface area contributed by atoms with Crippen LogP contribution in [0.5, 0.6) is 0 Å². The van der Waals surface area contributed by atoms with Crippen LogP contribution >= 0.6 is 23.1 Å². The molecule has 2 N–H and O–H groups in total. The van der Waals surface area contributed by atoms with Gasteiger partial charge in [-0.3, -0.25) is 4.99 Å². The smallest absolute Gasteiger partial charge is 0.191 e. The number of guanidine groups is 1. The lowest BCUT2D eigenvalue weighted by Gasteiger charge is -2.20. The third-order valence-corrected chi connectivity index (χ3v) is 5.61. The molecule has 0 atom stereocenters. The lowest BCUT2D eigenvalue weighted by molar-refractivity contribution is 0.570. The predicted octanol–water partition coefficient (Wildman–Crippen LogP) is 3.68. The van der Waals surface area contributed by atoms with E-state index in [0.29, 0.717) is 0 Å². The van der Waals surface area contributed by atoms with Crippen molar-refractivity contribution in [3.8, 4) is 0 Å². The minimum Gasteiger partial charge on any atom is -0.357 e. The van der Waals surface area contributed by atoms with E-state index in [4.69, 9.17) is 4.98 Å². The van der Waals surface area contributed by atoms with Crippen LogP contribution in [-0.2, 0) is 11.8 Å². The molecule has 1 aromatic heterocycles. The normalized spacial score (nSPS) is 13.3. The van der Waals surface area contributed by atoms with Crippen LogP contribution in [0.4, 0.5) is 0 Å². The van der Waals surface area contributed by atoms with Gasteiger partial charge in [0.1, 0.15) is 0 Å². The minimum atomic E-state index is 0.127. The fourth-order valence-electron chi connectivity index (χ4n) is 1.73. The van der Waals surface area contributed by atoms with Gasteiger partial charge in [-0.25, -0.2) is 4.98 Å². The van der Waals surface area contributed by atoms with Crippen LogP contribution in [0.1, 0.15) is 52.2 Å². The third-order valence-electron chi connectivity index (χ3n) is 3.47. The van der Waals surface area contributed by atoms with Gasteiger partial charge in [0, 0.05) is 35.1 Å². The Kier molecular flexibility index (Phi) is 7.87. The molecule has 0 unspecified atom stereocenters. The fraction of sp³-hybridized carbons (Fsp3) is 0.765. The quantitative estimate of drug-likeness (QED) is 0.578. The molecule has 0 aliphatic rings. The van der Waals surface area contributed by atoms with Gasteiger partial charge < -0.3 is 10.6 Å². The van der Waals surface area contributed by atoms with Crippen LogP contribution in [0.3, 0.4) is 0 Å². The van der Waals surface area contributed by atoms with Crippen molar-refractivity contribution in [1.29, 1.82) is 0 Å². The van der Waals surface area contributed by atoms with E-state index in [2.05, 4.69) is 68.8 Å². The van der Waals surface area contributed by atoms with Crippen LogP contribution in [0.2, 0.25) is 0 Å². The van der Waals surface area contributed by atoms with E-state index < -0.39 is 0 Å². The molecule has 0 saturated heterocycles. The topological polar surface area (TPSA) is 49.3 Å². The van der Waals surface area contributed by atoms with Crippen LogP contribution in [0.25, 0.3) is 0 Å². The zero-order chi connectivity index (χ0) is 17.5. The monoisotopic (exact) mass is 356 g/mol. The third kappa shape index (κ3) is 7.57. The molecule has 1 rings (SSSR count). The highest BCUT2D eigenvalue weighted by atomic mass is 32.2. The summed E-state index contributed by atoms with van der Waals surface area (Å²) in [4.78, 5) is 9.43. The Labute approximate surface area is 150 Å². The van der Waals surface area contributed by atoms with E-state index in [1.165, 1.54) is 10.7 Å². The van der Waals surface area contributed by atoms with Crippen molar-refractivity contribution in [2.75, 3.05) is 25.9 Å². The van der Waals surface area contributed by atoms with Gasteiger partial charge in [0.15, 0.2) is 5.96 Å². The first-order valence-corrected chi connectivity index (χ1v) is 10.3. The van der Waals surface area contributed by atoms with E-state index in [1.807, 2.05) is 11.8 Å². The molecule has 1 aromatic rings. The van der Waals surface area contributed by atoms with Gasteiger partial charge in [-0.15, -0.1) is 11.3 Å². The van der Waals surface area contributed by atoms with Crippen molar-refractivity contribution < 1.29 is 0 Å². The highest BCUT2D eigenvalue weighted by Gasteiger charge is 2.17. The van der Waals surface area contributed by atoms with E-state index in [1.54, 1.807) is 11.3 Å². The molecule has 0 radical (unpaired) electrons. The molecule has 0 amide bonds. The van der Waals surface area contributed by atoms with Gasteiger partial charge in [-0.1, -0.05) is 20.8 Å². The molecule has 0 fully saturated rings. The maximum absolute atomic E-state index is 4.74. The molecule has 23 heavy (non-hydrogen) atoms. The summed E-state index contributed by atoms with van der Waals surface area (Å²) in [7, 11) is 0. The molecule has 6 heteroatoms. The molecule has 0 aliphatic heterocycles. The minimum absolute atomic E-state index is 0.127. The second kappa shape index (κ2) is 8.92. The number of rotatable bonds is 7. The lowest BCUT2D eigenvalue weighted by Crippen LogP contribution is -2.39. The molecule has 0 bridgehead atoms. The molecular weight excluding hydrogens is 324 g/mol. The molecule has 4 nitrogen and oxygen atoms in total. The second-order valence-corrected chi connectivity index (χ2v) is 9.67. The molecule has 0 aliphatic carbocycles. The van der Waals surface area contributed by atoms with Crippen molar-refractivity contribution in [1.82, 2.24) is 15.6 Å². The first-order valence-electron chi connectivity index (χ1n) is 8.20. The Morgan fingerprint density at radius 1 is 1.26 bits per heavy atom. The molecular formula is C17H32N4S2. The number of aromatic nitrogens is 1. The van der Waals surface area contributed by atoms with Gasteiger partial charge in [0.05, 0.1) is 17.2 Å². The molecule has 1 heterocycles. The Hall–Kier alpha value is -0.750. The summed E-state index contributed by atoms with van der Waals surface area (Å²) >= 11 is 3.59. The number of hydrogen-bond donors (Lipinski definition) is 2. The Morgan fingerprint density at radius 2 is 1.96 bits per heavy atom. The summed E-state index contributed by atoms with van der Waals surface area (Å²) in [6.07, 6.45) is 3.06. The summed E-state index contributed by atoms with van der Waals surface area (Å²) in [5.74, 6) is 0.891. The van der Waals surface area contributed by atoms with E-state index in [9.17, 15) is 0 Å². The summed E-state index contributed by atoms with van der Waals surface area (Å²) in [5.41, 5.74) is 1.31. The maximum atomic E-state index is 4.74. The van der Waals surface area contributed by atoms with Gasteiger partial charge in [0.25, 0.3) is 0 Å². The number of aliphatic imine (C=N–C) groups is 1. The van der Waals surface area contributed by atoms with Crippen LogP contribution in [0.15, 0.2) is 10.4 Å². The van der Waals surface area contributed by atoms with Crippen molar-refractivity contribution in [2.24, 2.45) is 4.99 Å². The number of nitrogens with zero attached hydrogens (tertiary/aromatic N) is 2. The molecule has 0 spiro atoms. The summed E-state index contributed by atoms with van der Waals surface area (Å²) in [6.45, 7) is 15.7. The Bertz CT molecular complexity index is 501. The molecule has 0 saturated carbocycles. The zero-order valence-corrected chi connectivity index (χ0v) is 17.2. The number of nitrogens with one attached hydrogen (secondary N) is 2. The van der Waals surface area contributed by atoms with Gasteiger partial charge in [-0.05, 0) is 27.0 Å². The predicted molar refractivity (Wildman–Crippen MR) is 106 cm³/mol. The number of hydrogen-bond acceptors (Lipinski definition) is 4. The van der Waals surface area contributed by atoms with Crippen molar-refractivity contribution in [3.05, 3.63) is 16.1 Å². The first kappa shape index (κ1) is 20.3. The summed E-state index contributed by atoms with van der Waals surface area (Å²) < 4.78 is 0.166. The highest BCUT2D eigenvalue weighted by Crippen LogP contribution is 2.24. The summed E-state index contributed by atoms with van der Waals surface area (Å²) in [5, 5.41) is 10.1. The lowest BCUT2D eigenvalue weighted by atomic mass is 9.93. The van der Waals surface area contributed by atoms with E-state index >= 15 is 0 Å². The number of thioether (sulfide) groups is 1. The van der Waals surface area contributed by atoms with Crippen molar-refractivity contribution in [3.63, 3.8) is 0 Å². The van der Waals surface area contributed by atoms with Crippen molar-refractivity contribution in [2.45, 2.75) is 58.1 Å². The van der Waals surface area contributed by atoms with E-state index in [-0.39, 0.29) is 10.2 Å². The van der Waals surface area contributed by atoms with Gasteiger partial charge >= 0.3 is 0 Å². The second-order valence-electron chi connectivity index (χ2n) is 7.21. The standard InChI is InChI=1S/C17H32N4S2/c1-8-18-15(20-12-17(5,6)22-7)19-10-9-14-21-13(11-23-14)16(2,3)4/h11H,8-10,12H2,1-7H3,(H2,18,19,20). The van der Waals surface area contributed by atoms with Crippen molar-refractivity contribution >= 4 is 29.1 Å². The average Bonchev–Trinajstić information content (AvgIpc) is 2.94. The largest absolute Gasteiger partial charge is 0.357 e. The summed E-state index contributed by atoms with van der Waals surface area (Å²) in [6, 6.07) is 0. The highest BCUT2D eigenvalue weighted by molar-refractivity contribution is 7.99. The Balaban J connectivity index is 2.53.